The van der Waals surface area contributed by atoms with E-state index in [9.17, 15) is 9.59 Å². The second-order valence-corrected chi connectivity index (χ2v) is 9.30. The van der Waals surface area contributed by atoms with Crippen molar-refractivity contribution in [3.8, 4) is 0 Å². The summed E-state index contributed by atoms with van der Waals surface area (Å²) in [6, 6.07) is 7.29. The molecule has 2 aliphatic carbocycles. The molecule has 0 radical (unpaired) electrons. The zero-order valence-corrected chi connectivity index (χ0v) is 16.1. The molecule has 1 aromatic carbocycles. The van der Waals surface area contributed by atoms with Crippen LogP contribution in [0, 0.1) is 18.8 Å². The average Bonchev–Trinajstić information content (AvgIpc) is 3.42. The van der Waals surface area contributed by atoms with Gasteiger partial charge in [-0.25, -0.2) is 0 Å². The number of fused-ring (bicyclic) bond motifs is 1. The van der Waals surface area contributed by atoms with Crippen molar-refractivity contribution in [2.45, 2.75) is 50.5 Å². The molecule has 3 atom stereocenters. The topological polar surface area (TPSA) is 66.6 Å². The summed E-state index contributed by atoms with van der Waals surface area (Å²) in [5.41, 5.74) is 9.47. The summed E-state index contributed by atoms with van der Waals surface area (Å²) < 4.78 is 0. The van der Waals surface area contributed by atoms with Gasteiger partial charge in [-0.15, -0.1) is 0 Å². The van der Waals surface area contributed by atoms with Crippen LogP contribution in [0.4, 0.5) is 0 Å². The van der Waals surface area contributed by atoms with Crippen molar-refractivity contribution >= 4 is 11.8 Å². The minimum atomic E-state index is -0.411. The van der Waals surface area contributed by atoms with Gasteiger partial charge in [-0.2, -0.15) is 0 Å². The Labute approximate surface area is 160 Å². The van der Waals surface area contributed by atoms with E-state index < -0.39 is 5.91 Å². The van der Waals surface area contributed by atoms with Crippen LogP contribution < -0.4 is 5.73 Å². The molecule has 2 amide bonds. The Morgan fingerprint density at radius 2 is 2.15 bits per heavy atom. The van der Waals surface area contributed by atoms with E-state index in [-0.39, 0.29) is 17.9 Å². The van der Waals surface area contributed by atoms with Gasteiger partial charge in [0.1, 0.15) is 0 Å². The lowest BCUT2D eigenvalue weighted by atomic mass is 9.54. The van der Waals surface area contributed by atoms with Crippen LogP contribution in [-0.4, -0.2) is 53.8 Å². The highest BCUT2D eigenvalue weighted by molar-refractivity contribution is 5.85. The molecule has 5 rings (SSSR count). The van der Waals surface area contributed by atoms with Gasteiger partial charge in [0, 0.05) is 36.9 Å². The number of aryl methyl sites for hydroxylation is 1. The largest absolute Gasteiger partial charge is 0.368 e. The van der Waals surface area contributed by atoms with Gasteiger partial charge in [0.15, 0.2) is 0 Å². The highest BCUT2D eigenvalue weighted by atomic mass is 16.2. The molecule has 2 N–H and O–H groups in total. The fourth-order valence-corrected chi connectivity index (χ4v) is 6.01. The van der Waals surface area contributed by atoms with E-state index in [0.717, 1.165) is 25.3 Å². The molecule has 5 nitrogen and oxygen atoms in total. The van der Waals surface area contributed by atoms with E-state index in [2.05, 4.69) is 30.0 Å². The SMILES string of the molecule is Cc1ccc2c(c1)[C@]13CCN(CC4CC4)[C@H](C2)[C@@H]1CN(CC(N)=O)C(=O)C3. The zero-order valence-electron chi connectivity index (χ0n) is 16.1. The lowest BCUT2D eigenvalue weighted by Crippen LogP contribution is -2.67. The number of amides is 2. The number of nitrogens with zero attached hydrogens (tertiary/aromatic N) is 2. The average molecular weight is 367 g/mol. The summed E-state index contributed by atoms with van der Waals surface area (Å²) in [6.07, 6.45) is 5.36. The lowest BCUT2D eigenvalue weighted by molar-refractivity contribution is -0.147. The van der Waals surface area contributed by atoms with E-state index in [1.54, 1.807) is 4.90 Å². The van der Waals surface area contributed by atoms with Crippen molar-refractivity contribution in [2.24, 2.45) is 17.6 Å². The van der Waals surface area contributed by atoms with E-state index in [4.69, 9.17) is 5.73 Å². The first-order chi connectivity index (χ1) is 13.0. The van der Waals surface area contributed by atoms with Gasteiger partial charge < -0.3 is 10.6 Å². The van der Waals surface area contributed by atoms with Gasteiger partial charge in [-0.1, -0.05) is 23.8 Å². The summed E-state index contributed by atoms with van der Waals surface area (Å²) in [5, 5.41) is 0. The standard InChI is InChI=1S/C22H29N3O2/c1-14-2-5-16-9-19-18-12-25(13-20(23)26)21(27)10-22(18,17(16)8-14)6-7-24(19)11-15-3-4-15/h2,5,8,15,18-19H,3-4,6-7,9-13H2,1H3,(H2,23,26)/t18-,19+,22+/m0/s1. The number of carbonyl (C=O) groups is 2. The summed E-state index contributed by atoms with van der Waals surface area (Å²) >= 11 is 0. The smallest absolute Gasteiger partial charge is 0.237 e. The molecule has 0 aromatic heterocycles. The molecule has 5 heteroatoms. The molecule has 27 heavy (non-hydrogen) atoms. The molecule has 2 saturated heterocycles. The van der Waals surface area contributed by atoms with Crippen molar-refractivity contribution in [3.63, 3.8) is 0 Å². The molecule has 0 unspecified atom stereocenters. The minimum Gasteiger partial charge on any atom is -0.368 e. The van der Waals surface area contributed by atoms with Crippen LogP contribution in [0.2, 0.25) is 0 Å². The quantitative estimate of drug-likeness (QED) is 0.879. The number of rotatable bonds is 4. The van der Waals surface area contributed by atoms with Crippen LogP contribution in [0.5, 0.6) is 0 Å². The Kier molecular flexibility index (Phi) is 3.87. The van der Waals surface area contributed by atoms with Crippen LogP contribution in [-0.2, 0) is 21.4 Å². The van der Waals surface area contributed by atoms with Crippen LogP contribution >= 0.6 is 0 Å². The van der Waals surface area contributed by atoms with Crippen molar-refractivity contribution in [1.29, 1.82) is 0 Å². The van der Waals surface area contributed by atoms with Crippen molar-refractivity contribution in [3.05, 3.63) is 34.9 Å². The Balaban J connectivity index is 1.56. The zero-order chi connectivity index (χ0) is 18.8. The Bertz CT molecular complexity index is 803. The van der Waals surface area contributed by atoms with Crippen LogP contribution in [0.3, 0.4) is 0 Å². The van der Waals surface area contributed by atoms with E-state index >= 15 is 0 Å². The predicted octanol–water partition coefficient (Wildman–Crippen LogP) is 1.61. The fourth-order valence-electron chi connectivity index (χ4n) is 6.01. The van der Waals surface area contributed by atoms with Crippen LogP contribution in [0.15, 0.2) is 18.2 Å². The molecule has 1 aromatic rings. The summed E-state index contributed by atoms with van der Waals surface area (Å²) in [6.45, 7) is 5.16. The Hall–Kier alpha value is -1.88. The minimum absolute atomic E-state index is 0.0570. The molecule has 4 aliphatic rings. The third-order valence-electron chi connectivity index (χ3n) is 7.49. The van der Waals surface area contributed by atoms with E-state index in [1.807, 2.05) is 0 Å². The molecule has 2 aliphatic heterocycles. The molecule has 0 spiro atoms. The predicted molar refractivity (Wildman–Crippen MR) is 103 cm³/mol. The van der Waals surface area contributed by atoms with Crippen molar-refractivity contribution < 1.29 is 9.59 Å². The molecule has 3 fully saturated rings. The van der Waals surface area contributed by atoms with Crippen molar-refractivity contribution in [1.82, 2.24) is 9.80 Å². The molecular weight excluding hydrogens is 338 g/mol. The number of primary amides is 1. The first kappa shape index (κ1) is 17.2. The second-order valence-electron chi connectivity index (χ2n) is 9.30. The fraction of sp³-hybridized carbons (Fsp3) is 0.636. The second kappa shape index (κ2) is 6.06. The summed E-state index contributed by atoms with van der Waals surface area (Å²) in [4.78, 5) is 28.9. The number of nitrogens with two attached hydrogens (primary N) is 1. The number of hydrogen-bond acceptors (Lipinski definition) is 3. The van der Waals surface area contributed by atoms with Gasteiger partial charge in [-0.3, -0.25) is 14.5 Å². The maximum Gasteiger partial charge on any atom is 0.237 e. The highest BCUT2D eigenvalue weighted by Crippen LogP contribution is 2.54. The van der Waals surface area contributed by atoms with E-state index in [0.29, 0.717) is 24.9 Å². The van der Waals surface area contributed by atoms with Gasteiger partial charge in [-0.05, 0) is 56.2 Å². The van der Waals surface area contributed by atoms with Crippen LogP contribution in [0.25, 0.3) is 0 Å². The Morgan fingerprint density at radius 3 is 2.89 bits per heavy atom. The number of carbonyl (C=O) groups excluding carboxylic acids is 2. The number of piperidine rings is 2. The third kappa shape index (κ3) is 2.78. The van der Waals surface area contributed by atoms with Crippen molar-refractivity contribution in [2.75, 3.05) is 26.2 Å². The van der Waals surface area contributed by atoms with Gasteiger partial charge in [0.05, 0.1) is 6.54 Å². The van der Waals surface area contributed by atoms with Crippen LogP contribution in [0.1, 0.15) is 42.4 Å². The lowest BCUT2D eigenvalue weighted by Gasteiger charge is -2.60. The summed E-state index contributed by atoms with van der Waals surface area (Å²) in [5.74, 6) is 0.945. The number of likely N-dealkylation sites (tertiary alicyclic amines) is 2. The molecule has 2 bridgehead atoms. The summed E-state index contributed by atoms with van der Waals surface area (Å²) in [7, 11) is 0. The third-order valence-corrected chi connectivity index (χ3v) is 7.49. The molecular formula is C22H29N3O2. The highest BCUT2D eigenvalue weighted by Gasteiger charge is 2.57. The van der Waals surface area contributed by atoms with E-state index in [1.165, 1.54) is 36.1 Å². The first-order valence-corrected chi connectivity index (χ1v) is 10.4. The number of benzene rings is 1. The molecule has 2 heterocycles. The monoisotopic (exact) mass is 367 g/mol. The molecule has 144 valence electrons. The van der Waals surface area contributed by atoms with Gasteiger partial charge in [0.25, 0.3) is 0 Å². The first-order valence-electron chi connectivity index (χ1n) is 10.4. The maximum absolute atomic E-state index is 12.9. The number of hydrogen-bond donors (Lipinski definition) is 1. The van der Waals surface area contributed by atoms with Gasteiger partial charge in [0.2, 0.25) is 11.8 Å². The normalized spacial score (nSPS) is 32.8. The maximum atomic E-state index is 12.9. The van der Waals surface area contributed by atoms with Gasteiger partial charge >= 0.3 is 0 Å². The molecule has 1 saturated carbocycles. The Morgan fingerprint density at radius 1 is 1.33 bits per heavy atom.